The normalized spacial score (nSPS) is 12.1. The molecule has 9 nitrogen and oxygen atoms in total. The Kier molecular flexibility index (Phi) is 7.78. The minimum Gasteiger partial charge on any atom is -0.505 e. The third kappa shape index (κ3) is 5.80. The van der Waals surface area contributed by atoms with E-state index in [4.69, 9.17) is 5.73 Å². The van der Waals surface area contributed by atoms with Crippen molar-refractivity contribution in [3.05, 3.63) is 126 Å². The molecule has 0 amide bonds. The number of fused-ring (bicyclic) bond motifs is 3. The first kappa shape index (κ1) is 30.2. The quantitative estimate of drug-likeness (QED) is 0.124. The van der Waals surface area contributed by atoms with E-state index in [1.165, 1.54) is 0 Å². The van der Waals surface area contributed by atoms with Crippen molar-refractivity contribution in [1.29, 1.82) is 0 Å². The molecule has 0 aliphatic carbocycles. The molecule has 0 unspecified atom stereocenters. The summed E-state index contributed by atoms with van der Waals surface area (Å²) in [6.07, 6.45) is 0. The fraction of sp³-hybridized carbons (Fsp3) is 0.0769. The fourth-order valence-corrected chi connectivity index (χ4v) is 5.73. The molecule has 4 N–H and O–H groups in total. The predicted octanol–water partition coefficient (Wildman–Crippen LogP) is 12.3. The van der Waals surface area contributed by atoms with Crippen LogP contribution >= 0.6 is 0 Å². The summed E-state index contributed by atoms with van der Waals surface area (Å²) < 4.78 is 0. The second kappa shape index (κ2) is 12.4. The SMILES string of the molecule is Cc1ccc2cc(C)c(N=Nc3ccc4cc(C)c(N=Nc5ccc(N=Nc6ccc(N)c7ccccc67)cc5)c(O)c4c3)c(O)c2c1. The van der Waals surface area contributed by atoms with Gasteiger partial charge in [-0.1, -0.05) is 48.0 Å². The number of azo groups is 3. The molecule has 0 radical (unpaired) electrons. The van der Waals surface area contributed by atoms with Crippen LogP contribution in [0.4, 0.5) is 39.8 Å². The number of nitrogens with zero attached hydrogens (tertiary/aromatic N) is 6. The Morgan fingerprint density at radius 1 is 0.458 bits per heavy atom. The molecule has 0 saturated heterocycles. The lowest BCUT2D eigenvalue weighted by molar-refractivity contribution is 0.481. The lowest BCUT2D eigenvalue weighted by atomic mass is 10.0. The van der Waals surface area contributed by atoms with Crippen molar-refractivity contribution in [2.75, 3.05) is 5.73 Å². The van der Waals surface area contributed by atoms with Gasteiger partial charge in [0.2, 0.25) is 0 Å². The molecule has 0 heterocycles. The summed E-state index contributed by atoms with van der Waals surface area (Å²) in [6.45, 7) is 5.74. The van der Waals surface area contributed by atoms with E-state index in [-0.39, 0.29) is 11.5 Å². The monoisotopic (exact) mass is 629 g/mol. The van der Waals surface area contributed by atoms with Crippen LogP contribution in [0, 0.1) is 20.8 Å². The molecule has 0 spiro atoms. The number of nitrogens with two attached hydrogens (primary N) is 1. The van der Waals surface area contributed by atoms with E-state index in [0.717, 1.165) is 49.3 Å². The van der Waals surface area contributed by atoms with Gasteiger partial charge in [-0.3, -0.25) is 0 Å². The summed E-state index contributed by atoms with van der Waals surface area (Å²) in [5, 5.41) is 53.5. The summed E-state index contributed by atoms with van der Waals surface area (Å²) >= 11 is 0. The summed E-state index contributed by atoms with van der Waals surface area (Å²) in [5.74, 6) is 0.0816. The maximum atomic E-state index is 11.3. The van der Waals surface area contributed by atoms with Crippen molar-refractivity contribution in [2.24, 2.45) is 30.7 Å². The maximum absolute atomic E-state index is 11.3. The van der Waals surface area contributed by atoms with Crippen LogP contribution in [0.1, 0.15) is 16.7 Å². The Morgan fingerprint density at radius 3 is 1.62 bits per heavy atom. The molecule has 0 bridgehead atoms. The first-order chi connectivity index (χ1) is 23.2. The van der Waals surface area contributed by atoms with Crippen molar-refractivity contribution >= 4 is 72.1 Å². The minimum atomic E-state index is -0.00727. The number of aromatic hydroxyl groups is 2. The van der Waals surface area contributed by atoms with Gasteiger partial charge in [0.05, 0.1) is 22.7 Å². The van der Waals surface area contributed by atoms with Gasteiger partial charge >= 0.3 is 0 Å². The second-order valence-corrected chi connectivity index (χ2v) is 11.7. The highest BCUT2D eigenvalue weighted by atomic mass is 16.3. The first-order valence-corrected chi connectivity index (χ1v) is 15.4. The van der Waals surface area contributed by atoms with E-state index in [9.17, 15) is 10.2 Å². The highest BCUT2D eigenvalue weighted by Crippen LogP contribution is 2.42. The lowest BCUT2D eigenvalue weighted by Gasteiger charge is -2.09. The number of benzene rings is 7. The molecule has 9 heteroatoms. The van der Waals surface area contributed by atoms with Crippen LogP contribution in [-0.2, 0) is 0 Å². The molecular weight excluding hydrogens is 598 g/mol. The molecule has 0 aromatic heterocycles. The number of hydrogen-bond acceptors (Lipinski definition) is 9. The average molecular weight is 630 g/mol. The molecule has 0 fully saturated rings. The Hall–Kier alpha value is -6.48. The summed E-state index contributed by atoms with van der Waals surface area (Å²) in [5.41, 5.74) is 12.7. The number of anilines is 1. The van der Waals surface area contributed by atoms with Crippen molar-refractivity contribution in [3.8, 4) is 11.5 Å². The van der Waals surface area contributed by atoms with Crippen LogP contribution in [0.3, 0.4) is 0 Å². The van der Waals surface area contributed by atoms with Crippen LogP contribution < -0.4 is 5.73 Å². The van der Waals surface area contributed by atoms with E-state index in [1.54, 1.807) is 30.3 Å². The number of nitrogen functional groups attached to an aromatic ring is 1. The van der Waals surface area contributed by atoms with Crippen LogP contribution in [-0.4, -0.2) is 10.2 Å². The van der Waals surface area contributed by atoms with Gasteiger partial charge in [0.25, 0.3) is 0 Å². The molecule has 234 valence electrons. The van der Waals surface area contributed by atoms with Crippen LogP contribution in [0.15, 0.2) is 140 Å². The van der Waals surface area contributed by atoms with E-state index >= 15 is 0 Å². The molecule has 0 aliphatic heterocycles. The van der Waals surface area contributed by atoms with Crippen LogP contribution in [0.5, 0.6) is 11.5 Å². The zero-order valence-electron chi connectivity index (χ0n) is 26.5. The zero-order valence-corrected chi connectivity index (χ0v) is 26.5. The number of rotatable bonds is 6. The van der Waals surface area contributed by atoms with E-state index in [2.05, 4.69) is 30.7 Å². The zero-order chi connectivity index (χ0) is 33.4. The van der Waals surface area contributed by atoms with Crippen molar-refractivity contribution in [3.63, 3.8) is 0 Å². The van der Waals surface area contributed by atoms with E-state index < -0.39 is 0 Å². The molecule has 7 rings (SSSR count). The topological polar surface area (TPSA) is 141 Å². The van der Waals surface area contributed by atoms with Gasteiger partial charge in [0.15, 0.2) is 11.5 Å². The van der Waals surface area contributed by atoms with Crippen molar-refractivity contribution in [2.45, 2.75) is 20.8 Å². The Bertz CT molecular complexity index is 2470. The van der Waals surface area contributed by atoms with Gasteiger partial charge < -0.3 is 15.9 Å². The second-order valence-electron chi connectivity index (χ2n) is 11.7. The lowest BCUT2D eigenvalue weighted by Crippen LogP contribution is -1.86. The van der Waals surface area contributed by atoms with Crippen LogP contribution in [0.25, 0.3) is 32.3 Å². The summed E-state index contributed by atoms with van der Waals surface area (Å²) in [7, 11) is 0. The smallest absolute Gasteiger partial charge is 0.151 e. The number of phenolic OH excluding ortho intramolecular Hbond substituents is 2. The molecule has 0 aliphatic rings. The molecule has 7 aromatic carbocycles. The predicted molar refractivity (Wildman–Crippen MR) is 193 cm³/mol. The number of aryl methyl sites for hydroxylation is 3. The third-order valence-corrected chi connectivity index (χ3v) is 8.28. The Morgan fingerprint density at radius 2 is 0.979 bits per heavy atom. The first-order valence-electron chi connectivity index (χ1n) is 15.4. The molecule has 7 aromatic rings. The van der Waals surface area contributed by atoms with E-state index in [0.29, 0.717) is 39.5 Å². The molecular formula is C39H31N7O2. The largest absolute Gasteiger partial charge is 0.505 e. The van der Waals surface area contributed by atoms with Gasteiger partial charge in [-0.25, -0.2) is 0 Å². The highest BCUT2D eigenvalue weighted by molar-refractivity contribution is 6.00. The van der Waals surface area contributed by atoms with Gasteiger partial charge in [-0.2, -0.15) is 15.3 Å². The van der Waals surface area contributed by atoms with E-state index in [1.807, 2.05) is 99.6 Å². The van der Waals surface area contributed by atoms with Crippen molar-refractivity contribution < 1.29 is 10.2 Å². The highest BCUT2D eigenvalue weighted by Gasteiger charge is 2.13. The number of phenols is 2. The minimum absolute atomic E-state index is 0.00727. The molecule has 0 atom stereocenters. The van der Waals surface area contributed by atoms with Gasteiger partial charge in [0, 0.05) is 27.2 Å². The average Bonchev–Trinajstić information content (AvgIpc) is 3.09. The fourth-order valence-electron chi connectivity index (χ4n) is 5.73. The summed E-state index contributed by atoms with van der Waals surface area (Å²) in [6, 6.07) is 34.0. The third-order valence-electron chi connectivity index (χ3n) is 8.28. The molecule has 48 heavy (non-hydrogen) atoms. The molecule has 0 saturated carbocycles. The maximum Gasteiger partial charge on any atom is 0.151 e. The number of hydrogen-bond donors (Lipinski definition) is 3. The van der Waals surface area contributed by atoms with Crippen LogP contribution in [0.2, 0.25) is 0 Å². The summed E-state index contributed by atoms with van der Waals surface area (Å²) in [4.78, 5) is 0. The van der Waals surface area contributed by atoms with Crippen molar-refractivity contribution in [1.82, 2.24) is 0 Å². The standard InChI is InChI=1S/C39H31N7O2/c1-22-8-9-25-19-23(2)36(38(47)32(25)18-22)46-43-29-11-10-26-20-24(3)37(39(48)33(26)21-29)45-42-28-14-12-27(13-15-28)41-44-35-17-16-34(40)30-6-4-5-7-31(30)35/h4-21,47-48H,40H2,1-3H3. The Labute approximate surface area is 276 Å². The van der Waals surface area contributed by atoms with Gasteiger partial charge in [-0.05, 0) is 109 Å². The van der Waals surface area contributed by atoms with Gasteiger partial charge in [0.1, 0.15) is 11.4 Å². The Balaban J connectivity index is 1.13. The van der Waals surface area contributed by atoms with Gasteiger partial charge in [-0.15, -0.1) is 15.3 Å².